The predicted molar refractivity (Wildman–Crippen MR) is 68.3 cm³/mol. The van der Waals surface area contributed by atoms with Gasteiger partial charge in [-0.25, -0.2) is 0 Å². The van der Waals surface area contributed by atoms with E-state index in [9.17, 15) is 0 Å². The van der Waals surface area contributed by atoms with Crippen molar-refractivity contribution in [2.75, 3.05) is 26.3 Å². The van der Waals surface area contributed by atoms with Gasteiger partial charge in [0.2, 0.25) is 11.7 Å². The predicted octanol–water partition coefficient (Wildman–Crippen LogP) is 0.234. The highest BCUT2D eigenvalue weighted by Gasteiger charge is 2.28. The molecule has 1 aliphatic heterocycles. The van der Waals surface area contributed by atoms with Crippen molar-refractivity contribution in [3.05, 3.63) is 11.7 Å². The third kappa shape index (κ3) is 3.50. The van der Waals surface area contributed by atoms with Crippen LogP contribution in [0.5, 0.6) is 0 Å². The van der Waals surface area contributed by atoms with E-state index < -0.39 is 6.04 Å². The van der Waals surface area contributed by atoms with Crippen molar-refractivity contribution in [3.8, 4) is 0 Å². The Kier molecular flexibility index (Phi) is 4.87. The summed E-state index contributed by atoms with van der Waals surface area (Å²) in [5, 5.41) is 12.8. The maximum absolute atomic E-state index is 8.85. The zero-order valence-corrected chi connectivity index (χ0v) is 11.5. The van der Waals surface area contributed by atoms with Crippen molar-refractivity contribution in [1.29, 1.82) is 0 Å². The lowest BCUT2D eigenvalue weighted by Gasteiger charge is -2.34. The first-order chi connectivity index (χ1) is 9.11. The molecule has 2 rings (SSSR count). The monoisotopic (exact) mass is 270 g/mol. The first kappa shape index (κ1) is 14.4. The molecular formula is C12H22N4O3. The molecule has 1 aromatic heterocycles. The first-order valence-corrected chi connectivity index (χ1v) is 6.67. The number of nitrogens with two attached hydrogens (primary N) is 1. The molecule has 1 aliphatic rings. The lowest BCUT2D eigenvalue weighted by atomic mass is 10.2. The molecular weight excluding hydrogens is 248 g/mol. The van der Waals surface area contributed by atoms with Gasteiger partial charge in [0.15, 0.2) is 0 Å². The first-order valence-electron chi connectivity index (χ1n) is 6.67. The number of aromatic nitrogens is 2. The lowest BCUT2D eigenvalue weighted by Crippen LogP contribution is -2.42. The minimum Gasteiger partial charge on any atom is -0.396 e. The second kappa shape index (κ2) is 6.42. The molecule has 7 heteroatoms. The van der Waals surface area contributed by atoms with Crippen molar-refractivity contribution in [2.24, 2.45) is 5.73 Å². The van der Waals surface area contributed by atoms with Crippen molar-refractivity contribution in [3.63, 3.8) is 0 Å². The van der Waals surface area contributed by atoms with Crippen molar-refractivity contribution in [1.82, 2.24) is 15.0 Å². The summed E-state index contributed by atoms with van der Waals surface area (Å²) < 4.78 is 10.8. The van der Waals surface area contributed by atoms with Gasteiger partial charge in [0, 0.05) is 25.7 Å². The number of ether oxygens (including phenoxy) is 1. The molecule has 1 saturated heterocycles. The molecule has 0 aromatic carbocycles. The Hall–Kier alpha value is -1.02. The zero-order chi connectivity index (χ0) is 13.8. The summed E-state index contributed by atoms with van der Waals surface area (Å²) in [6.07, 6.45) is 0.237. The van der Waals surface area contributed by atoms with Gasteiger partial charge < -0.3 is 20.1 Å². The molecule has 2 heterocycles. The number of nitrogens with zero attached hydrogens (tertiary/aromatic N) is 3. The zero-order valence-electron chi connectivity index (χ0n) is 11.5. The standard InChI is InChI=1S/C12H22N4O3/c1-8(2)16-4-6-18-10(7-16)11-14-12(19-15-11)9(13)3-5-17/h8-10,17H,3-7,13H2,1-2H3. The van der Waals surface area contributed by atoms with Gasteiger partial charge in [-0.1, -0.05) is 5.16 Å². The molecule has 0 amide bonds. The van der Waals surface area contributed by atoms with Gasteiger partial charge in [0.25, 0.3) is 0 Å². The summed E-state index contributed by atoms with van der Waals surface area (Å²) in [6.45, 7) is 6.65. The second-order valence-corrected chi connectivity index (χ2v) is 5.06. The minimum atomic E-state index is -0.420. The fourth-order valence-corrected chi connectivity index (χ4v) is 2.09. The minimum absolute atomic E-state index is 0.0000637. The van der Waals surface area contributed by atoms with Crippen molar-refractivity contribution >= 4 is 0 Å². The van der Waals surface area contributed by atoms with Gasteiger partial charge in [0.05, 0.1) is 12.6 Å². The van der Waals surface area contributed by atoms with E-state index in [4.69, 9.17) is 20.1 Å². The van der Waals surface area contributed by atoms with Gasteiger partial charge in [-0.15, -0.1) is 0 Å². The molecule has 7 nitrogen and oxygen atoms in total. The molecule has 0 bridgehead atoms. The summed E-state index contributed by atoms with van der Waals surface area (Å²) in [7, 11) is 0. The number of rotatable bonds is 5. The molecule has 1 fully saturated rings. The Bertz CT molecular complexity index is 396. The third-order valence-corrected chi connectivity index (χ3v) is 3.33. The smallest absolute Gasteiger partial charge is 0.243 e. The molecule has 3 N–H and O–H groups in total. The van der Waals surface area contributed by atoms with E-state index in [1.165, 1.54) is 0 Å². The van der Waals surface area contributed by atoms with E-state index >= 15 is 0 Å². The van der Waals surface area contributed by atoms with Crippen LogP contribution >= 0.6 is 0 Å². The highest BCUT2D eigenvalue weighted by Crippen LogP contribution is 2.22. The summed E-state index contributed by atoms with van der Waals surface area (Å²) in [5.74, 6) is 0.892. The molecule has 0 spiro atoms. The van der Waals surface area contributed by atoms with Crippen LogP contribution in [0.25, 0.3) is 0 Å². The molecule has 2 unspecified atom stereocenters. The molecule has 19 heavy (non-hydrogen) atoms. The summed E-state index contributed by atoms with van der Waals surface area (Å²) in [6, 6.07) is 0.0467. The molecule has 2 atom stereocenters. The molecule has 0 aliphatic carbocycles. The largest absolute Gasteiger partial charge is 0.396 e. The Labute approximate surface area is 112 Å². The van der Waals surface area contributed by atoms with Crippen LogP contribution in [0.15, 0.2) is 4.52 Å². The van der Waals surface area contributed by atoms with E-state index in [0.29, 0.717) is 30.8 Å². The quantitative estimate of drug-likeness (QED) is 0.790. The van der Waals surface area contributed by atoms with Crippen LogP contribution in [0, 0.1) is 0 Å². The SMILES string of the molecule is CC(C)N1CCOC(c2noc(C(N)CCO)n2)C1. The Morgan fingerprint density at radius 1 is 1.53 bits per heavy atom. The molecule has 0 saturated carbocycles. The van der Waals surface area contributed by atoms with Crippen LogP contribution in [0.1, 0.15) is 44.1 Å². The maximum Gasteiger partial charge on any atom is 0.243 e. The highest BCUT2D eigenvalue weighted by atomic mass is 16.5. The van der Waals surface area contributed by atoms with E-state index in [0.717, 1.165) is 13.1 Å². The Morgan fingerprint density at radius 2 is 2.32 bits per heavy atom. The Balaban J connectivity index is 2.01. The molecule has 0 radical (unpaired) electrons. The third-order valence-electron chi connectivity index (χ3n) is 3.33. The molecule has 108 valence electrons. The van der Waals surface area contributed by atoms with Gasteiger partial charge in [0.1, 0.15) is 6.10 Å². The fraction of sp³-hybridized carbons (Fsp3) is 0.833. The second-order valence-electron chi connectivity index (χ2n) is 5.06. The summed E-state index contributed by atoms with van der Waals surface area (Å²) in [4.78, 5) is 6.60. The van der Waals surface area contributed by atoms with E-state index in [-0.39, 0.29) is 12.7 Å². The average molecular weight is 270 g/mol. The van der Waals surface area contributed by atoms with Crippen molar-refractivity contribution < 1.29 is 14.4 Å². The van der Waals surface area contributed by atoms with Gasteiger partial charge >= 0.3 is 0 Å². The van der Waals surface area contributed by atoms with Crippen LogP contribution in [-0.4, -0.2) is 52.5 Å². The van der Waals surface area contributed by atoms with Gasteiger partial charge in [-0.2, -0.15) is 4.98 Å². The number of hydrogen-bond donors (Lipinski definition) is 2. The normalized spacial score (nSPS) is 22.9. The summed E-state index contributed by atoms with van der Waals surface area (Å²) >= 11 is 0. The van der Waals surface area contributed by atoms with Crippen LogP contribution in [0.4, 0.5) is 0 Å². The fourth-order valence-electron chi connectivity index (χ4n) is 2.09. The number of aliphatic hydroxyl groups is 1. The van der Waals surface area contributed by atoms with Gasteiger partial charge in [-0.3, -0.25) is 4.90 Å². The lowest BCUT2D eigenvalue weighted by molar-refractivity contribution is -0.0450. The van der Waals surface area contributed by atoms with Crippen LogP contribution in [-0.2, 0) is 4.74 Å². The number of hydrogen-bond acceptors (Lipinski definition) is 7. The maximum atomic E-state index is 8.85. The topological polar surface area (TPSA) is 97.6 Å². The van der Waals surface area contributed by atoms with Crippen molar-refractivity contribution in [2.45, 2.75) is 38.5 Å². The van der Waals surface area contributed by atoms with Gasteiger partial charge in [-0.05, 0) is 20.3 Å². The number of aliphatic hydroxyl groups excluding tert-OH is 1. The van der Waals surface area contributed by atoms with E-state index in [1.54, 1.807) is 0 Å². The van der Waals surface area contributed by atoms with E-state index in [2.05, 4.69) is 28.9 Å². The average Bonchev–Trinajstić information content (AvgIpc) is 2.89. The van der Waals surface area contributed by atoms with Crippen LogP contribution < -0.4 is 5.73 Å². The highest BCUT2D eigenvalue weighted by molar-refractivity contribution is 4.97. The number of morpholine rings is 1. The van der Waals surface area contributed by atoms with E-state index in [1.807, 2.05) is 0 Å². The van der Waals surface area contributed by atoms with Crippen LogP contribution in [0.2, 0.25) is 0 Å². The van der Waals surface area contributed by atoms with Crippen LogP contribution in [0.3, 0.4) is 0 Å². The Morgan fingerprint density at radius 3 is 3.00 bits per heavy atom. The summed E-state index contributed by atoms with van der Waals surface area (Å²) in [5.41, 5.74) is 5.82. The molecule has 1 aromatic rings.